The van der Waals surface area contributed by atoms with Gasteiger partial charge in [0.25, 0.3) is 5.91 Å². The van der Waals surface area contributed by atoms with E-state index in [1.54, 1.807) is 24.5 Å². The van der Waals surface area contributed by atoms with Crippen LogP contribution in [0, 0.1) is 0 Å². The van der Waals surface area contributed by atoms with E-state index in [1.165, 1.54) is 0 Å². The van der Waals surface area contributed by atoms with Gasteiger partial charge in [-0.15, -0.1) is 0 Å². The third-order valence-corrected chi connectivity index (χ3v) is 3.74. The van der Waals surface area contributed by atoms with Crippen LogP contribution < -0.4 is 5.32 Å². The standard InChI is InChI=1S/C17H14ClN3O2/c1-11(12-5-4-8-19-10-12)20-17(22)15-9-16(23-21-15)13-6-2-3-7-14(13)18/h2-11H,1H3,(H,20,22)/t11-/m0/s1. The molecule has 3 aromatic rings. The molecule has 1 amide bonds. The van der Waals surface area contributed by atoms with Gasteiger partial charge in [0.2, 0.25) is 0 Å². The van der Waals surface area contributed by atoms with Crippen LogP contribution in [0.4, 0.5) is 0 Å². The first-order valence-electron chi connectivity index (χ1n) is 7.07. The molecule has 0 aliphatic carbocycles. The lowest BCUT2D eigenvalue weighted by Crippen LogP contribution is -2.26. The molecule has 1 N–H and O–H groups in total. The molecular formula is C17H14ClN3O2. The Morgan fingerprint density at radius 2 is 2.09 bits per heavy atom. The summed E-state index contributed by atoms with van der Waals surface area (Å²) in [7, 11) is 0. The van der Waals surface area contributed by atoms with Crippen molar-refractivity contribution in [3.8, 4) is 11.3 Å². The van der Waals surface area contributed by atoms with E-state index in [1.807, 2.05) is 37.3 Å². The minimum Gasteiger partial charge on any atom is -0.355 e. The number of carbonyl (C=O) groups is 1. The maximum atomic E-state index is 12.3. The molecule has 5 nitrogen and oxygen atoms in total. The fourth-order valence-electron chi connectivity index (χ4n) is 2.16. The Balaban J connectivity index is 1.75. The van der Waals surface area contributed by atoms with E-state index < -0.39 is 0 Å². The largest absolute Gasteiger partial charge is 0.355 e. The van der Waals surface area contributed by atoms with Crippen LogP contribution in [0.2, 0.25) is 5.02 Å². The van der Waals surface area contributed by atoms with Gasteiger partial charge in [-0.2, -0.15) is 0 Å². The van der Waals surface area contributed by atoms with Crippen molar-refractivity contribution in [1.82, 2.24) is 15.5 Å². The van der Waals surface area contributed by atoms with E-state index in [0.717, 1.165) is 5.56 Å². The molecule has 0 saturated carbocycles. The second kappa shape index (κ2) is 6.62. The smallest absolute Gasteiger partial charge is 0.273 e. The number of benzene rings is 1. The van der Waals surface area contributed by atoms with Crippen LogP contribution in [-0.2, 0) is 0 Å². The average Bonchev–Trinajstić information content (AvgIpc) is 3.06. The van der Waals surface area contributed by atoms with Crippen molar-refractivity contribution in [1.29, 1.82) is 0 Å². The number of aromatic nitrogens is 2. The Morgan fingerprint density at radius 1 is 1.26 bits per heavy atom. The van der Waals surface area contributed by atoms with Gasteiger partial charge in [0, 0.05) is 24.0 Å². The topological polar surface area (TPSA) is 68.0 Å². The summed E-state index contributed by atoms with van der Waals surface area (Å²) in [5.41, 5.74) is 1.81. The summed E-state index contributed by atoms with van der Waals surface area (Å²) in [6.45, 7) is 1.88. The van der Waals surface area contributed by atoms with Crippen LogP contribution in [0.5, 0.6) is 0 Å². The molecule has 0 radical (unpaired) electrons. The number of nitrogens with zero attached hydrogens (tertiary/aromatic N) is 2. The fraction of sp³-hybridized carbons (Fsp3) is 0.118. The lowest BCUT2D eigenvalue weighted by atomic mass is 10.1. The minimum atomic E-state index is -0.316. The van der Waals surface area contributed by atoms with Crippen LogP contribution >= 0.6 is 11.6 Å². The lowest BCUT2D eigenvalue weighted by Gasteiger charge is -2.12. The van der Waals surface area contributed by atoms with E-state index in [4.69, 9.17) is 16.1 Å². The van der Waals surface area contributed by atoms with Crippen molar-refractivity contribution in [2.45, 2.75) is 13.0 Å². The number of pyridine rings is 1. The number of hydrogen-bond donors (Lipinski definition) is 1. The van der Waals surface area contributed by atoms with E-state index in [9.17, 15) is 4.79 Å². The average molecular weight is 328 g/mol. The van der Waals surface area contributed by atoms with Crippen LogP contribution in [0.25, 0.3) is 11.3 Å². The van der Waals surface area contributed by atoms with Crippen molar-refractivity contribution >= 4 is 17.5 Å². The predicted octanol–water partition coefficient (Wildman–Crippen LogP) is 3.88. The second-order valence-electron chi connectivity index (χ2n) is 5.04. The number of amides is 1. The van der Waals surface area contributed by atoms with Crippen molar-refractivity contribution in [3.63, 3.8) is 0 Å². The Bertz CT molecular complexity index is 817. The van der Waals surface area contributed by atoms with Gasteiger partial charge in [0.1, 0.15) is 0 Å². The Labute approximate surface area is 138 Å². The summed E-state index contributed by atoms with van der Waals surface area (Å²) in [6.07, 6.45) is 3.40. The second-order valence-corrected chi connectivity index (χ2v) is 5.44. The highest BCUT2D eigenvalue weighted by Gasteiger charge is 2.17. The number of halogens is 1. The predicted molar refractivity (Wildman–Crippen MR) is 87.1 cm³/mol. The SMILES string of the molecule is C[C@H](NC(=O)c1cc(-c2ccccc2Cl)on1)c1cccnc1. The van der Waals surface area contributed by atoms with Gasteiger partial charge in [-0.3, -0.25) is 9.78 Å². The Hall–Kier alpha value is -2.66. The summed E-state index contributed by atoms with van der Waals surface area (Å²) < 4.78 is 5.23. The van der Waals surface area contributed by atoms with Gasteiger partial charge in [0.05, 0.1) is 11.1 Å². The summed E-state index contributed by atoms with van der Waals surface area (Å²) >= 11 is 6.12. The third-order valence-electron chi connectivity index (χ3n) is 3.41. The molecule has 6 heteroatoms. The molecule has 0 saturated heterocycles. The minimum absolute atomic E-state index is 0.184. The molecular weight excluding hydrogens is 314 g/mol. The highest BCUT2D eigenvalue weighted by molar-refractivity contribution is 6.33. The normalized spacial score (nSPS) is 11.9. The first-order valence-corrected chi connectivity index (χ1v) is 7.45. The van der Waals surface area contributed by atoms with Gasteiger partial charge < -0.3 is 9.84 Å². The van der Waals surface area contributed by atoms with E-state index >= 15 is 0 Å². The van der Waals surface area contributed by atoms with Crippen LogP contribution in [0.1, 0.15) is 29.0 Å². The molecule has 0 spiro atoms. The number of nitrogens with one attached hydrogen (secondary N) is 1. The molecule has 0 fully saturated rings. The highest BCUT2D eigenvalue weighted by Crippen LogP contribution is 2.28. The fourth-order valence-corrected chi connectivity index (χ4v) is 2.39. The van der Waals surface area contributed by atoms with E-state index in [2.05, 4.69) is 15.5 Å². The molecule has 0 aliphatic rings. The van der Waals surface area contributed by atoms with Gasteiger partial charge in [-0.1, -0.05) is 35.0 Å². The van der Waals surface area contributed by atoms with Crippen molar-refractivity contribution in [3.05, 3.63) is 71.1 Å². The number of carbonyl (C=O) groups excluding carboxylic acids is 1. The van der Waals surface area contributed by atoms with Crippen molar-refractivity contribution in [2.24, 2.45) is 0 Å². The molecule has 0 aliphatic heterocycles. The van der Waals surface area contributed by atoms with Gasteiger partial charge in [0.15, 0.2) is 11.5 Å². The first kappa shape index (κ1) is 15.2. The van der Waals surface area contributed by atoms with E-state index in [0.29, 0.717) is 16.3 Å². The van der Waals surface area contributed by atoms with Crippen LogP contribution in [0.15, 0.2) is 59.4 Å². The summed E-state index contributed by atoms with van der Waals surface area (Å²) in [4.78, 5) is 16.3. The highest BCUT2D eigenvalue weighted by atomic mass is 35.5. The molecule has 116 valence electrons. The first-order chi connectivity index (χ1) is 11.1. The molecule has 3 rings (SSSR count). The zero-order chi connectivity index (χ0) is 16.2. The zero-order valence-electron chi connectivity index (χ0n) is 12.4. The van der Waals surface area contributed by atoms with Gasteiger partial charge in [-0.05, 0) is 30.7 Å². The molecule has 23 heavy (non-hydrogen) atoms. The Kier molecular flexibility index (Phi) is 4.39. The van der Waals surface area contributed by atoms with Crippen LogP contribution in [-0.4, -0.2) is 16.0 Å². The van der Waals surface area contributed by atoms with Gasteiger partial charge >= 0.3 is 0 Å². The Morgan fingerprint density at radius 3 is 2.83 bits per heavy atom. The zero-order valence-corrected chi connectivity index (χ0v) is 13.1. The third kappa shape index (κ3) is 3.40. The molecule has 0 unspecified atom stereocenters. The molecule has 1 atom stereocenters. The molecule has 1 aromatic carbocycles. The lowest BCUT2D eigenvalue weighted by molar-refractivity contribution is 0.0931. The number of hydrogen-bond acceptors (Lipinski definition) is 4. The molecule has 2 heterocycles. The summed E-state index contributed by atoms with van der Waals surface area (Å²) in [5, 5.41) is 7.22. The van der Waals surface area contributed by atoms with Crippen molar-refractivity contribution < 1.29 is 9.32 Å². The maximum absolute atomic E-state index is 12.3. The number of rotatable bonds is 4. The van der Waals surface area contributed by atoms with E-state index in [-0.39, 0.29) is 17.6 Å². The monoisotopic (exact) mass is 327 g/mol. The summed E-state index contributed by atoms with van der Waals surface area (Å²) in [6, 6.07) is 12.3. The quantitative estimate of drug-likeness (QED) is 0.789. The maximum Gasteiger partial charge on any atom is 0.273 e. The molecule has 2 aromatic heterocycles. The van der Waals surface area contributed by atoms with Crippen LogP contribution in [0.3, 0.4) is 0 Å². The molecule has 0 bridgehead atoms. The van der Waals surface area contributed by atoms with Crippen molar-refractivity contribution in [2.75, 3.05) is 0 Å². The van der Waals surface area contributed by atoms with Gasteiger partial charge in [-0.25, -0.2) is 0 Å². The summed E-state index contributed by atoms with van der Waals surface area (Å²) in [5.74, 6) is 0.137.